The van der Waals surface area contributed by atoms with Crippen LogP contribution in [0, 0.1) is 0 Å². The number of carbonyl (C=O) groups excluding carboxylic acids is 2. The molecule has 1 heterocycles. The molecule has 0 bridgehead atoms. The van der Waals surface area contributed by atoms with Crippen LogP contribution in [0.25, 0.3) is 10.9 Å². The summed E-state index contributed by atoms with van der Waals surface area (Å²) in [5, 5.41) is -0.330. The minimum absolute atomic E-state index is 0.290. The maximum Gasteiger partial charge on any atom is 0.293 e. The molecule has 0 aliphatic carbocycles. The predicted octanol–water partition coefficient (Wildman–Crippen LogP) is 2.56. The van der Waals surface area contributed by atoms with Gasteiger partial charge in [0, 0.05) is 31.3 Å². The molecule has 0 spiro atoms. The van der Waals surface area contributed by atoms with Crippen LogP contribution in [-0.2, 0) is 21.3 Å². The standard InChI is InChI=1S/C17H20ClNO5/c1-3-22-6-7-23-8-9-24-12-4-5-13-14(16(20)17(18)21)11-19(2)15(13)10-12/h4-5,10-11H,3,6-9H2,1-2H3. The van der Waals surface area contributed by atoms with Gasteiger partial charge in [0.1, 0.15) is 12.4 Å². The van der Waals surface area contributed by atoms with Gasteiger partial charge in [-0.05, 0) is 30.7 Å². The summed E-state index contributed by atoms with van der Waals surface area (Å²) >= 11 is 5.29. The molecule has 130 valence electrons. The van der Waals surface area contributed by atoms with Crippen LogP contribution in [0.2, 0.25) is 0 Å². The van der Waals surface area contributed by atoms with Crippen LogP contribution >= 0.6 is 11.6 Å². The monoisotopic (exact) mass is 353 g/mol. The maximum absolute atomic E-state index is 11.8. The van der Waals surface area contributed by atoms with Gasteiger partial charge in [0.05, 0.1) is 30.9 Å². The van der Waals surface area contributed by atoms with E-state index in [1.165, 1.54) is 0 Å². The van der Waals surface area contributed by atoms with E-state index in [1.54, 1.807) is 29.9 Å². The number of ketones is 1. The first kappa shape index (κ1) is 18.4. The minimum Gasteiger partial charge on any atom is -0.491 e. The number of hydrogen-bond donors (Lipinski definition) is 0. The third-order valence-electron chi connectivity index (χ3n) is 3.46. The normalized spacial score (nSPS) is 11.0. The molecular weight excluding hydrogens is 334 g/mol. The van der Waals surface area contributed by atoms with Crippen LogP contribution in [-0.4, -0.2) is 48.6 Å². The highest BCUT2D eigenvalue weighted by molar-refractivity contribution is 6.83. The van der Waals surface area contributed by atoms with E-state index in [0.717, 1.165) is 5.52 Å². The summed E-state index contributed by atoms with van der Waals surface area (Å²) in [7, 11) is 1.79. The van der Waals surface area contributed by atoms with Gasteiger partial charge in [-0.25, -0.2) is 0 Å². The predicted molar refractivity (Wildman–Crippen MR) is 90.9 cm³/mol. The van der Waals surface area contributed by atoms with Crippen molar-refractivity contribution in [2.24, 2.45) is 7.05 Å². The third-order valence-corrected chi connectivity index (χ3v) is 3.63. The van der Waals surface area contributed by atoms with Crippen molar-refractivity contribution >= 4 is 33.5 Å². The fourth-order valence-corrected chi connectivity index (χ4v) is 2.42. The summed E-state index contributed by atoms with van der Waals surface area (Å²) < 4.78 is 17.9. The number of rotatable bonds is 10. The number of hydrogen-bond acceptors (Lipinski definition) is 5. The van der Waals surface area contributed by atoms with Gasteiger partial charge < -0.3 is 18.8 Å². The lowest BCUT2D eigenvalue weighted by molar-refractivity contribution is -0.108. The number of carbonyl (C=O) groups is 2. The summed E-state index contributed by atoms with van der Waals surface area (Å²) in [4.78, 5) is 22.9. The van der Waals surface area contributed by atoms with E-state index in [2.05, 4.69) is 0 Å². The Labute approximate surface area is 145 Å². The second-order valence-electron chi connectivity index (χ2n) is 5.09. The van der Waals surface area contributed by atoms with Gasteiger partial charge in [0.2, 0.25) is 5.78 Å². The molecule has 0 fully saturated rings. The molecule has 0 unspecified atom stereocenters. The molecule has 7 heteroatoms. The van der Waals surface area contributed by atoms with E-state index in [4.69, 9.17) is 25.8 Å². The molecule has 0 aliphatic heterocycles. The van der Waals surface area contributed by atoms with E-state index in [9.17, 15) is 9.59 Å². The van der Waals surface area contributed by atoms with Gasteiger partial charge in [-0.15, -0.1) is 0 Å². The SMILES string of the molecule is CCOCCOCCOc1ccc2c(C(=O)C(=O)Cl)cn(C)c2c1. The number of nitrogens with zero attached hydrogens (tertiary/aromatic N) is 1. The van der Waals surface area contributed by atoms with E-state index in [1.807, 2.05) is 13.0 Å². The van der Waals surface area contributed by atoms with Crippen molar-refractivity contribution in [3.8, 4) is 5.75 Å². The van der Waals surface area contributed by atoms with Gasteiger partial charge in [0.15, 0.2) is 0 Å². The van der Waals surface area contributed by atoms with Crippen molar-refractivity contribution in [2.45, 2.75) is 6.92 Å². The Morgan fingerprint density at radius 3 is 2.54 bits per heavy atom. The molecule has 1 aromatic heterocycles. The molecule has 2 rings (SSSR count). The molecule has 2 aromatic rings. The van der Waals surface area contributed by atoms with Crippen molar-refractivity contribution in [1.82, 2.24) is 4.57 Å². The first-order valence-electron chi connectivity index (χ1n) is 7.66. The van der Waals surface area contributed by atoms with Gasteiger partial charge in [-0.2, -0.15) is 0 Å². The van der Waals surface area contributed by atoms with Crippen LogP contribution in [0.1, 0.15) is 17.3 Å². The molecule has 0 N–H and O–H groups in total. The van der Waals surface area contributed by atoms with Gasteiger partial charge in [0.25, 0.3) is 5.24 Å². The van der Waals surface area contributed by atoms with Crippen LogP contribution in [0.5, 0.6) is 5.75 Å². The van der Waals surface area contributed by atoms with Crippen LogP contribution < -0.4 is 4.74 Å². The maximum atomic E-state index is 11.8. The Balaban J connectivity index is 1.98. The Hall–Kier alpha value is -1.89. The number of fused-ring (bicyclic) bond motifs is 1. The van der Waals surface area contributed by atoms with Gasteiger partial charge >= 0.3 is 0 Å². The van der Waals surface area contributed by atoms with Crippen molar-refractivity contribution in [3.63, 3.8) is 0 Å². The zero-order chi connectivity index (χ0) is 17.5. The average molecular weight is 354 g/mol. The fourth-order valence-electron chi connectivity index (χ4n) is 2.32. The molecule has 0 aliphatic rings. The summed E-state index contributed by atoms with van der Waals surface area (Å²) in [5.41, 5.74) is 1.07. The Kier molecular flexibility index (Phi) is 6.78. The zero-order valence-corrected chi connectivity index (χ0v) is 14.5. The Morgan fingerprint density at radius 2 is 1.83 bits per heavy atom. The second kappa shape index (κ2) is 8.82. The van der Waals surface area contributed by atoms with Crippen molar-refractivity contribution in [2.75, 3.05) is 33.0 Å². The van der Waals surface area contributed by atoms with Crippen LogP contribution in [0.15, 0.2) is 24.4 Å². The first-order valence-corrected chi connectivity index (χ1v) is 8.04. The van der Waals surface area contributed by atoms with Crippen LogP contribution in [0.3, 0.4) is 0 Å². The molecule has 6 nitrogen and oxygen atoms in total. The number of Topliss-reactive ketones (excluding diaryl/α,β-unsaturated/α-hetero) is 1. The number of benzene rings is 1. The molecule has 0 radical (unpaired) electrons. The van der Waals surface area contributed by atoms with E-state index >= 15 is 0 Å². The zero-order valence-electron chi connectivity index (χ0n) is 13.7. The largest absolute Gasteiger partial charge is 0.491 e. The first-order chi connectivity index (χ1) is 11.5. The van der Waals surface area contributed by atoms with E-state index in [0.29, 0.717) is 49.7 Å². The van der Waals surface area contributed by atoms with Gasteiger partial charge in [-0.3, -0.25) is 9.59 Å². The highest BCUT2D eigenvalue weighted by Gasteiger charge is 2.19. The molecule has 1 aromatic carbocycles. The lowest BCUT2D eigenvalue weighted by atomic mass is 10.1. The minimum atomic E-state index is -0.993. The lowest BCUT2D eigenvalue weighted by Crippen LogP contribution is -2.10. The molecule has 0 saturated heterocycles. The third kappa shape index (κ3) is 4.56. The number of aryl methyl sites for hydroxylation is 1. The smallest absolute Gasteiger partial charge is 0.293 e. The highest BCUT2D eigenvalue weighted by atomic mass is 35.5. The van der Waals surface area contributed by atoms with E-state index < -0.39 is 11.0 Å². The van der Waals surface area contributed by atoms with E-state index in [-0.39, 0.29) is 0 Å². The highest BCUT2D eigenvalue weighted by Crippen LogP contribution is 2.26. The summed E-state index contributed by atoms with van der Waals surface area (Å²) in [5.74, 6) is -0.0491. The molecule has 0 atom stereocenters. The summed E-state index contributed by atoms with van der Waals surface area (Å²) in [6.45, 7) is 4.59. The fraction of sp³-hybridized carbons (Fsp3) is 0.412. The average Bonchev–Trinajstić information content (AvgIpc) is 2.89. The molecule has 0 saturated carbocycles. The molecule has 0 amide bonds. The summed E-state index contributed by atoms with van der Waals surface area (Å²) in [6, 6.07) is 5.30. The lowest BCUT2D eigenvalue weighted by Gasteiger charge is -2.08. The van der Waals surface area contributed by atoms with Crippen molar-refractivity contribution in [1.29, 1.82) is 0 Å². The topological polar surface area (TPSA) is 66.8 Å². The summed E-state index contributed by atoms with van der Waals surface area (Å²) in [6.07, 6.45) is 1.59. The molecular formula is C17H20ClNO5. The molecule has 24 heavy (non-hydrogen) atoms. The van der Waals surface area contributed by atoms with Crippen molar-refractivity contribution in [3.05, 3.63) is 30.0 Å². The number of ether oxygens (including phenoxy) is 3. The number of halogens is 1. The van der Waals surface area contributed by atoms with Crippen molar-refractivity contribution < 1.29 is 23.8 Å². The second-order valence-corrected chi connectivity index (χ2v) is 5.44. The Morgan fingerprint density at radius 1 is 1.12 bits per heavy atom. The number of aromatic nitrogens is 1. The quantitative estimate of drug-likeness (QED) is 0.284. The Bertz CT molecular complexity index is 725. The van der Waals surface area contributed by atoms with Crippen LogP contribution in [0.4, 0.5) is 0 Å². The van der Waals surface area contributed by atoms with Gasteiger partial charge in [-0.1, -0.05) is 0 Å².